The highest BCUT2D eigenvalue weighted by Gasteiger charge is 2.55. The molecule has 1 heterocycles. The summed E-state index contributed by atoms with van der Waals surface area (Å²) in [6, 6.07) is 9.76. The molecule has 5 heteroatoms. The summed E-state index contributed by atoms with van der Waals surface area (Å²) in [6.07, 6.45) is 2.38. The van der Waals surface area contributed by atoms with Gasteiger partial charge in [-0.1, -0.05) is 37.3 Å². The molecular weight excluding hydrogens is 312 g/mol. The lowest BCUT2D eigenvalue weighted by molar-refractivity contribution is -0.147. The molecule has 5 atom stereocenters. The zero-order valence-corrected chi connectivity index (χ0v) is 14.0. The second kappa shape index (κ2) is 6.48. The lowest BCUT2D eigenvalue weighted by atomic mass is 9.92. The number of esters is 1. The van der Waals surface area contributed by atoms with Crippen LogP contribution < -0.4 is 0 Å². The first kappa shape index (κ1) is 16.2. The fourth-order valence-electron chi connectivity index (χ4n) is 3.18. The van der Waals surface area contributed by atoms with Crippen molar-refractivity contribution in [2.24, 2.45) is 11.8 Å². The van der Waals surface area contributed by atoms with Gasteiger partial charge in [0.15, 0.2) is 23.6 Å². The van der Waals surface area contributed by atoms with Crippen LogP contribution in [0.4, 0.5) is 0 Å². The maximum Gasteiger partial charge on any atom is 0.325 e. The quantitative estimate of drug-likeness (QED) is 0.592. The SMILES string of the molecule is CSC(C)CC1OC(=O)C(C(=O)[C@@H]2C[C@H]2c2ccccc2)C1=O. The molecule has 1 aromatic carbocycles. The number of ether oxygens (including phenoxy) is 1. The van der Waals surface area contributed by atoms with Gasteiger partial charge in [0.25, 0.3) is 0 Å². The molecule has 0 amide bonds. The summed E-state index contributed by atoms with van der Waals surface area (Å²) < 4.78 is 5.18. The highest BCUT2D eigenvalue weighted by molar-refractivity contribution is 7.99. The summed E-state index contributed by atoms with van der Waals surface area (Å²) >= 11 is 1.61. The summed E-state index contributed by atoms with van der Waals surface area (Å²) in [5, 5.41) is 0.212. The summed E-state index contributed by atoms with van der Waals surface area (Å²) in [5.41, 5.74) is 1.09. The Bertz CT molecular complexity index is 627. The molecule has 0 spiro atoms. The molecule has 1 aromatic rings. The highest BCUT2D eigenvalue weighted by atomic mass is 32.2. The van der Waals surface area contributed by atoms with Gasteiger partial charge >= 0.3 is 5.97 Å². The second-order valence-corrected chi connectivity index (χ2v) is 7.58. The molecule has 1 saturated carbocycles. The molecule has 0 N–H and O–H groups in total. The molecule has 2 fully saturated rings. The van der Waals surface area contributed by atoms with Crippen LogP contribution in [-0.2, 0) is 19.1 Å². The molecule has 3 rings (SSSR count). The van der Waals surface area contributed by atoms with Gasteiger partial charge in [0.05, 0.1) is 0 Å². The standard InChI is InChI=1S/C18H20O4S/c1-10(23-2)8-14-17(20)15(18(21)22-14)16(19)13-9-12(13)11-6-4-3-5-7-11/h3-7,10,12-15H,8-9H2,1-2H3/t10?,12-,13+,14?,15?/m0/s1. The molecule has 1 aliphatic heterocycles. The van der Waals surface area contributed by atoms with E-state index in [9.17, 15) is 14.4 Å². The topological polar surface area (TPSA) is 60.4 Å². The minimum atomic E-state index is -1.20. The molecular formula is C18H20O4S. The Labute approximate surface area is 140 Å². The Hall–Kier alpha value is -1.62. The van der Waals surface area contributed by atoms with Gasteiger partial charge < -0.3 is 4.74 Å². The van der Waals surface area contributed by atoms with Crippen molar-refractivity contribution in [3.8, 4) is 0 Å². The number of carbonyl (C=O) groups excluding carboxylic acids is 3. The van der Waals surface area contributed by atoms with Crippen LogP contribution in [0.1, 0.15) is 31.2 Å². The Morgan fingerprint density at radius 1 is 1.30 bits per heavy atom. The lowest BCUT2D eigenvalue weighted by Gasteiger charge is -2.12. The van der Waals surface area contributed by atoms with Crippen LogP contribution in [0.5, 0.6) is 0 Å². The molecule has 0 aromatic heterocycles. The van der Waals surface area contributed by atoms with Gasteiger partial charge in [0, 0.05) is 17.6 Å². The number of cyclic esters (lactones) is 1. The number of rotatable bonds is 6. The third kappa shape index (κ3) is 3.20. The Morgan fingerprint density at radius 3 is 2.65 bits per heavy atom. The number of Topliss-reactive ketones (excluding diaryl/α,β-unsaturated/α-hetero) is 2. The molecule has 2 aliphatic rings. The summed E-state index contributed by atoms with van der Waals surface area (Å²) in [5.74, 6) is -2.55. The monoisotopic (exact) mass is 332 g/mol. The number of benzene rings is 1. The van der Waals surface area contributed by atoms with Crippen molar-refractivity contribution in [2.45, 2.75) is 37.0 Å². The van der Waals surface area contributed by atoms with E-state index in [2.05, 4.69) is 0 Å². The summed E-state index contributed by atoms with van der Waals surface area (Å²) in [7, 11) is 0. The first-order valence-electron chi connectivity index (χ1n) is 7.88. The highest BCUT2D eigenvalue weighted by Crippen LogP contribution is 2.49. The first-order valence-corrected chi connectivity index (χ1v) is 9.17. The van der Waals surface area contributed by atoms with Crippen LogP contribution >= 0.6 is 11.8 Å². The van der Waals surface area contributed by atoms with Gasteiger partial charge in [0.2, 0.25) is 0 Å². The van der Waals surface area contributed by atoms with Crippen LogP contribution in [0.15, 0.2) is 30.3 Å². The van der Waals surface area contributed by atoms with Gasteiger partial charge in [-0.15, -0.1) is 0 Å². The molecule has 0 bridgehead atoms. The van der Waals surface area contributed by atoms with Gasteiger partial charge in [0.1, 0.15) is 0 Å². The van der Waals surface area contributed by atoms with Crippen molar-refractivity contribution in [3.05, 3.63) is 35.9 Å². The maximum atomic E-state index is 12.6. The van der Waals surface area contributed by atoms with E-state index in [1.807, 2.05) is 43.5 Å². The van der Waals surface area contributed by atoms with Crippen LogP contribution in [0.3, 0.4) is 0 Å². The number of hydrogen-bond acceptors (Lipinski definition) is 5. The second-order valence-electron chi connectivity index (χ2n) is 6.30. The van der Waals surface area contributed by atoms with Crippen molar-refractivity contribution >= 4 is 29.3 Å². The number of ketones is 2. The third-order valence-corrected chi connectivity index (χ3v) is 5.71. The van der Waals surface area contributed by atoms with E-state index < -0.39 is 18.0 Å². The van der Waals surface area contributed by atoms with Crippen molar-refractivity contribution in [1.82, 2.24) is 0 Å². The Kier molecular flexibility index (Phi) is 4.57. The van der Waals surface area contributed by atoms with E-state index in [1.165, 1.54) is 0 Å². The zero-order chi connectivity index (χ0) is 16.6. The normalized spacial score (nSPS) is 30.9. The van der Waals surface area contributed by atoms with Crippen LogP contribution in [0, 0.1) is 11.8 Å². The van der Waals surface area contributed by atoms with Gasteiger partial charge in [-0.05, 0) is 24.2 Å². The van der Waals surface area contributed by atoms with Gasteiger partial charge in [-0.25, -0.2) is 0 Å². The molecule has 23 heavy (non-hydrogen) atoms. The smallest absolute Gasteiger partial charge is 0.325 e. The van der Waals surface area contributed by atoms with Crippen LogP contribution in [-0.4, -0.2) is 35.1 Å². The van der Waals surface area contributed by atoms with Crippen LogP contribution in [0.2, 0.25) is 0 Å². The van der Waals surface area contributed by atoms with E-state index in [-0.39, 0.29) is 28.7 Å². The molecule has 4 nitrogen and oxygen atoms in total. The Morgan fingerprint density at radius 2 is 2.00 bits per heavy atom. The van der Waals surface area contributed by atoms with Crippen molar-refractivity contribution in [1.29, 1.82) is 0 Å². The lowest BCUT2D eigenvalue weighted by Crippen LogP contribution is -2.30. The molecule has 0 radical (unpaired) electrons. The van der Waals surface area contributed by atoms with Gasteiger partial charge in [-0.3, -0.25) is 14.4 Å². The fraction of sp³-hybridized carbons (Fsp3) is 0.500. The number of carbonyl (C=O) groups is 3. The molecule has 3 unspecified atom stereocenters. The largest absolute Gasteiger partial charge is 0.453 e. The number of hydrogen-bond donors (Lipinski definition) is 0. The first-order chi connectivity index (χ1) is 11.0. The van der Waals surface area contributed by atoms with E-state index in [1.54, 1.807) is 11.8 Å². The third-order valence-electron chi connectivity index (χ3n) is 4.71. The predicted molar refractivity (Wildman–Crippen MR) is 88.3 cm³/mol. The molecule has 1 aliphatic carbocycles. The van der Waals surface area contributed by atoms with Crippen molar-refractivity contribution in [3.63, 3.8) is 0 Å². The van der Waals surface area contributed by atoms with Crippen LogP contribution in [0.25, 0.3) is 0 Å². The molecule has 1 saturated heterocycles. The predicted octanol–water partition coefficient (Wildman–Crippen LogP) is 2.61. The van der Waals surface area contributed by atoms with E-state index in [0.717, 1.165) is 5.56 Å². The Balaban J connectivity index is 1.66. The average Bonchev–Trinajstić information content (AvgIpc) is 3.30. The summed E-state index contributed by atoms with van der Waals surface area (Å²) in [6.45, 7) is 1.98. The fourth-order valence-corrected chi connectivity index (χ4v) is 3.55. The summed E-state index contributed by atoms with van der Waals surface area (Å²) in [4.78, 5) is 37.0. The van der Waals surface area contributed by atoms with E-state index >= 15 is 0 Å². The number of thioether (sulfide) groups is 1. The van der Waals surface area contributed by atoms with Crippen molar-refractivity contribution < 1.29 is 19.1 Å². The molecule has 122 valence electrons. The minimum absolute atomic E-state index is 0.133. The van der Waals surface area contributed by atoms with E-state index in [4.69, 9.17) is 4.74 Å². The minimum Gasteiger partial charge on any atom is -0.453 e. The van der Waals surface area contributed by atoms with Gasteiger partial charge in [-0.2, -0.15) is 11.8 Å². The average molecular weight is 332 g/mol. The zero-order valence-electron chi connectivity index (χ0n) is 13.2. The maximum absolute atomic E-state index is 12.6. The van der Waals surface area contributed by atoms with Crippen molar-refractivity contribution in [2.75, 3.05) is 6.26 Å². The van der Waals surface area contributed by atoms with E-state index in [0.29, 0.717) is 12.8 Å².